The Morgan fingerprint density at radius 1 is 1.22 bits per heavy atom. The van der Waals surface area contributed by atoms with Gasteiger partial charge in [0.05, 0.1) is 0 Å². The van der Waals surface area contributed by atoms with Crippen molar-refractivity contribution in [1.29, 1.82) is 0 Å². The highest BCUT2D eigenvalue weighted by Gasteiger charge is 2.15. The predicted molar refractivity (Wildman–Crippen MR) is 72.3 cm³/mol. The lowest BCUT2D eigenvalue weighted by atomic mass is 10.1. The van der Waals surface area contributed by atoms with E-state index >= 15 is 0 Å². The van der Waals surface area contributed by atoms with E-state index in [-0.39, 0.29) is 17.6 Å². The highest BCUT2D eigenvalue weighted by molar-refractivity contribution is 5.29. The number of hydrogen-bond donors (Lipinski definition) is 1. The number of aromatic hydroxyl groups is 1. The van der Waals surface area contributed by atoms with Crippen molar-refractivity contribution in [2.45, 2.75) is 19.4 Å². The molecule has 102 valence electrons. The van der Waals surface area contributed by atoms with Crippen molar-refractivity contribution >= 4 is 0 Å². The summed E-state index contributed by atoms with van der Waals surface area (Å²) in [5.41, 5.74) is 0.625. The van der Waals surface area contributed by atoms with Crippen LogP contribution in [0.2, 0.25) is 0 Å². The molecule has 0 saturated carbocycles. The minimum Gasteiger partial charge on any atom is -0.508 e. The zero-order chi connectivity index (χ0) is 13.7. The van der Waals surface area contributed by atoms with E-state index in [4.69, 9.17) is 0 Å². The molecule has 1 aromatic rings. The van der Waals surface area contributed by atoms with Gasteiger partial charge in [-0.3, -0.25) is 4.90 Å². The Hall–Kier alpha value is -1.13. The Labute approximate surface area is 109 Å². The summed E-state index contributed by atoms with van der Waals surface area (Å²) in [6, 6.07) is 4.35. The van der Waals surface area contributed by atoms with Gasteiger partial charge in [0.1, 0.15) is 11.6 Å². The van der Waals surface area contributed by atoms with Crippen molar-refractivity contribution < 1.29 is 9.50 Å². The lowest BCUT2D eigenvalue weighted by Crippen LogP contribution is -2.26. The van der Waals surface area contributed by atoms with Gasteiger partial charge in [-0.25, -0.2) is 4.39 Å². The molecule has 1 aromatic carbocycles. The summed E-state index contributed by atoms with van der Waals surface area (Å²) in [6.07, 6.45) is 1.05. The average Bonchev–Trinajstić information content (AvgIpc) is 2.27. The normalized spacial score (nSPS) is 13.3. The van der Waals surface area contributed by atoms with Crippen molar-refractivity contribution in [2.75, 3.05) is 34.2 Å². The lowest BCUT2D eigenvalue weighted by molar-refractivity contribution is 0.240. The second-order valence-electron chi connectivity index (χ2n) is 5.02. The minimum atomic E-state index is -0.345. The fourth-order valence-electron chi connectivity index (χ4n) is 1.92. The highest BCUT2D eigenvalue weighted by atomic mass is 19.1. The first-order valence-corrected chi connectivity index (χ1v) is 6.25. The summed E-state index contributed by atoms with van der Waals surface area (Å²) in [7, 11) is 6.08. The Balaban J connectivity index is 2.59. The zero-order valence-electron chi connectivity index (χ0n) is 11.7. The van der Waals surface area contributed by atoms with Gasteiger partial charge in [-0.15, -0.1) is 0 Å². The number of hydrogen-bond acceptors (Lipinski definition) is 3. The molecular weight excluding hydrogens is 231 g/mol. The van der Waals surface area contributed by atoms with E-state index in [0.717, 1.165) is 19.5 Å². The molecule has 0 heterocycles. The van der Waals surface area contributed by atoms with E-state index in [2.05, 4.69) is 9.80 Å². The average molecular weight is 254 g/mol. The molecule has 0 radical (unpaired) electrons. The van der Waals surface area contributed by atoms with Gasteiger partial charge in [-0.2, -0.15) is 0 Å². The van der Waals surface area contributed by atoms with E-state index < -0.39 is 0 Å². The SMILES string of the molecule is CC(c1ccc(O)cc1F)N(C)CCCN(C)C. The lowest BCUT2D eigenvalue weighted by Gasteiger charge is -2.26. The van der Waals surface area contributed by atoms with Crippen LogP contribution in [-0.4, -0.2) is 49.1 Å². The topological polar surface area (TPSA) is 26.7 Å². The summed E-state index contributed by atoms with van der Waals surface area (Å²) in [4.78, 5) is 4.26. The van der Waals surface area contributed by atoms with Crippen molar-refractivity contribution in [3.8, 4) is 5.75 Å². The number of benzene rings is 1. The molecule has 0 spiro atoms. The third-order valence-corrected chi connectivity index (χ3v) is 3.21. The maximum atomic E-state index is 13.7. The Morgan fingerprint density at radius 2 is 1.89 bits per heavy atom. The maximum absolute atomic E-state index is 13.7. The molecule has 1 atom stereocenters. The maximum Gasteiger partial charge on any atom is 0.131 e. The quantitative estimate of drug-likeness (QED) is 0.845. The van der Waals surface area contributed by atoms with Crippen LogP contribution in [-0.2, 0) is 0 Å². The first kappa shape index (κ1) is 14.9. The molecule has 4 heteroatoms. The van der Waals surface area contributed by atoms with Gasteiger partial charge in [0.25, 0.3) is 0 Å². The second-order valence-corrected chi connectivity index (χ2v) is 5.02. The molecular formula is C14H23FN2O. The second kappa shape index (κ2) is 6.71. The predicted octanol–water partition coefficient (Wildman–Crippen LogP) is 2.48. The van der Waals surface area contributed by atoms with E-state index in [9.17, 15) is 9.50 Å². The van der Waals surface area contributed by atoms with Crippen molar-refractivity contribution in [3.05, 3.63) is 29.6 Å². The molecule has 0 aliphatic rings. The summed E-state index contributed by atoms with van der Waals surface area (Å²) in [5, 5.41) is 9.20. The third kappa shape index (κ3) is 4.27. The van der Waals surface area contributed by atoms with Crippen LogP contribution >= 0.6 is 0 Å². The van der Waals surface area contributed by atoms with Crippen LogP contribution < -0.4 is 0 Å². The van der Waals surface area contributed by atoms with E-state index in [0.29, 0.717) is 5.56 Å². The fourth-order valence-corrected chi connectivity index (χ4v) is 1.92. The van der Waals surface area contributed by atoms with Crippen molar-refractivity contribution in [1.82, 2.24) is 9.80 Å². The number of halogens is 1. The van der Waals surface area contributed by atoms with Crippen LogP contribution in [0.1, 0.15) is 24.9 Å². The summed E-state index contributed by atoms with van der Waals surface area (Å²) >= 11 is 0. The number of phenolic OH excluding ortho intramolecular Hbond substituents is 1. The third-order valence-electron chi connectivity index (χ3n) is 3.21. The van der Waals surface area contributed by atoms with Gasteiger partial charge in [-0.05, 0) is 53.6 Å². The first-order valence-electron chi connectivity index (χ1n) is 6.25. The standard InChI is InChI=1S/C14H23FN2O/c1-11(17(4)9-5-8-16(2)3)13-7-6-12(18)10-14(13)15/h6-7,10-11,18H,5,8-9H2,1-4H3. The van der Waals surface area contributed by atoms with E-state index in [1.807, 2.05) is 28.1 Å². The van der Waals surface area contributed by atoms with Crippen molar-refractivity contribution in [2.24, 2.45) is 0 Å². The first-order chi connectivity index (χ1) is 8.41. The molecule has 0 aromatic heterocycles. The molecule has 1 rings (SSSR count). The van der Waals surface area contributed by atoms with Gasteiger partial charge < -0.3 is 10.0 Å². The highest BCUT2D eigenvalue weighted by Crippen LogP contribution is 2.24. The van der Waals surface area contributed by atoms with Gasteiger partial charge in [0, 0.05) is 17.7 Å². The molecule has 1 N–H and O–H groups in total. The molecule has 3 nitrogen and oxygen atoms in total. The number of rotatable bonds is 6. The van der Waals surface area contributed by atoms with E-state index in [1.54, 1.807) is 6.07 Å². The summed E-state index contributed by atoms with van der Waals surface area (Å²) in [5.74, 6) is -0.374. The summed E-state index contributed by atoms with van der Waals surface area (Å²) < 4.78 is 13.7. The molecule has 0 amide bonds. The van der Waals surface area contributed by atoms with Gasteiger partial charge >= 0.3 is 0 Å². The van der Waals surface area contributed by atoms with Crippen LogP contribution in [0.25, 0.3) is 0 Å². The number of phenols is 1. The molecule has 0 saturated heterocycles. The Morgan fingerprint density at radius 3 is 2.44 bits per heavy atom. The van der Waals surface area contributed by atoms with E-state index in [1.165, 1.54) is 12.1 Å². The molecule has 1 unspecified atom stereocenters. The number of nitrogens with zero attached hydrogens (tertiary/aromatic N) is 2. The van der Waals surface area contributed by atoms with Crippen LogP contribution in [0.5, 0.6) is 5.75 Å². The Kier molecular flexibility index (Phi) is 5.56. The molecule has 0 fully saturated rings. The molecule has 18 heavy (non-hydrogen) atoms. The molecule has 0 aliphatic carbocycles. The van der Waals surface area contributed by atoms with Crippen LogP contribution in [0, 0.1) is 5.82 Å². The van der Waals surface area contributed by atoms with Crippen LogP contribution in [0.4, 0.5) is 4.39 Å². The van der Waals surface area contributed by atoms with Crippen LogP contribution in [0.15, 0.2) is 18.2 Å². The van der Waals surface area contributed by atoms with Crippen molar-refractivity contribution in [3.63, 3.8) is 0 Å². The van der Waals surface area contributed by atoms with Gasteiger partial charge in [-0.1, -0.05) is 6.07 Å². The minimum absolute atomic E-state index is 0.00719. The molecule has 0 aliphatic heterocycles. The van der Waals surface area contributed by atoms with Gasteiger partial charge in [0.2, 0.25) is 0 Å². The van der Waals surface area contributed by atoms with Crippen LogP contribution in [0.3, 0.4) is 0 Å². The zero-order valence-corrected chi connectivity index (χ0v) is 11.7. The monoisotopic (exact) mass is 254 g/mol. The smallest absolute Gasteiger partial charge is 0.131 e. The molecule has 0 bridgehead atoms. The largest absolute Gasteiger partial charge is 0.508 e. The fraction of sp³-hybridized carbons (Fsp3) is 0.571. The van der Waals surface area contributed by atoms with Gasteiger partial charge in [0.15, 0.2) is 0 Å². The summed E-state index contributed by atoms with van der Waals surface area (Å²) in [6.45, 7) is 3.92. The Bertz CT molecular complexity index is 382.